The molecule has 0 amide bonds. The van der Waals surface area contributed by atoms with Gasteiger partial charge in [-0.1, -0.05) is 146 Å². The van der Waals surface area contributed by atoms with Gasteiger partial charge in [0.1, 0.15) is 69.0 Å². The van der Waals surface area contributed by atoms with Gasteiger partial charge >= 0.3 is 0 Å². The van der Waals surface area contributed by atoms with E-state index >= 15 is 0 Å². The first kappa shape index (κ1) is 41.5. The Balaban J connectivity index is 0.890. The van der Waals surface area contributed by atoms with Crippen LogP contribution in [0.1, 0.15) is 34.1 Å². The third-order valence-electron chi connectivity index (χ3n) is 13.9. The second kappa shape index (κ2) is 17.2. The molecular weight excluding hydrogens is 889 g/mol. The van der Waals surface area contributed by atoms with Gasteiger partial charge in [-0.3, -0.25) is 0 Å². The van der Waals surface area contributed by atoms with Gasteiger partial charge in [0.25, 0.3) is 0 Å². The van der Waals surface area contributed by atoms with Crippen molar-refractivity contribution in [3.05, 3.63) is 265 Å². The normalized spacial score (nSPS) is 12.8. The van der Waals surface area contributed by atoms with E-state index < -0.39 is 0 Å². The van der Waals surface area contributed by atoms with E-state index in [4.69, 9.17) is 28.4 Å². The molecular formula is C66H42O6. The molecule has 0 N–H and O–H groups in total. The van der Waals surface area contributed by atoms with Gasteiger partial charge in [0.05, 0.1) is 0 Å². The van der Waals surface area contributed by atoms with Crippen LogP contribution in [-0.2, 0) is 0 Å². The molecule has 2 aliphatic rings. The Morgan fingerprint density at radius 1 is 0.208 bits per heavy atom. The van der Waals surface area contributed by atoms with Crippen molar-refractivity contribution in [2.75, 3.05) is 0 Å². The van der Waals surface area contributed by atoms with E-state index in [2.05, 4.69) is 121 Å². The molecule has 0 unspecified atom stereocenters. The summed E-state index contributed by atoms with van der Waals surface area (Å²) in [6, 6.07) is 82.4. The van der Waals surface area contributed by atoms with Gasteiger partial charge in [0.2, 0.25) is 0 Å². The molecule has 0 saturated carbocycles. The average Bonchev–Trinajstić information content (AvgIpc) is 3.41. The Morgan fingerprint density at radius 3 is 0.667 bits per heavy atom. The number of ether oxygens (including phenoxy) is 6. The Morgan fingerprint density at radius 2 is 0.417 bits per heavy atom. The highest BCUT2D eigenvalue weighted by Gasteiger charge is 2.41. The van der Waals surface area contributed by atoms with Crippen LogP contribution >= 0.6 is 0 Å². The summed E-state index contributed by atoms with van der Waals surface area (Å²) in [6.45, 7) is 0. The van der Waals surface area contributed by atoms with Crippen LogP contribution < -0.4 is 28.4 Å². The van der Waals surface area contributed by atoms with Gasteiger partial charge in [-0.25, -0.2) is 0 Å². The van der Waals surface area contributed by atoms with Crippen LogP contribution in [0, 0.1) is 0 Å². The first-order chi connectivity index (χ1) is 35.6. The Labute approximate surface area is 415 Å². The fourth-order valence-corrected chi connectivity index (χ4v) is 10.5. The highest BCUT2D eigenvalue weighted by atomic mass is 16.5. The van der Waals surface area contributed by atoms with Crippen LogP contribution in [-0.4, -0.2) is 0 Å². The van der Waals surface area contributed by atoms with E-state index in [-0.39, 0.29) is 11.8 Å². The SMILES string of the molecule is c1ccc2cc(Oc3ccc4c(c3)Oc3cc(Oc5ccc6ccccc6c5)ccc3C4C3c4ccc(Oc5ccc6ccccc6c5)cc4Oc4cc(Oc5ccc6ccccc6c5)ccc43)ccc2c1. The van der Waals surface area contributed by atoms with Gasteiger partial charge in [-0.05, 0) is 116 Å². The third kappa shape index (κ3) is 7.72. The quantitative estimate of drug-likeness (QED) is 0.144. The first-order valence-electron chi connectivity index (χ1n) is 24.2. The highest BCUT2D eigenvalue weighted by Crippen LogP contribution is 2.59. The van der Waals surface area contributed by atoms with Crippen molar-refractivity contribution in [1.82, 2.24) is 0 Å². The van der Waals surface area contributed by atoms with Gasteiger partial charge in [-0.15, -0.1) is 0 Å². The number of hydrogen-bond donors (Lipinski definition) is 0. The summed E-state index contributed by atoms with van der Waals surface area (Å²) in [5.74, 6) is 7.88. The lowest BCUT2D eigenvalue weighted by Gasteiger charge is -2.38. The highest BCUT2D eigenvalue weighted by molar-refractivity contribution is 5.86. The van der Waals surface area contributed by atoms with Crippen LogP contribution in [0.5, 0.6) is 69.0 Å². The largest absolute Gasteiger partial charge is 0.457 e. The summed E-state index contributed by atoms with van der Waals surface area (Å²) >= 11 is 0. The predicted molar refractivity (Wildman–Crippen MR) is 286 cm³/mol. The summed E-state index contributed by atoms with van der Waals surface area (Å²) in [4.78, 5) is 0. The zero-order valence-corrected chi connectivity index (χ0v) is 38.7. The minimum Gasteiger partial charge on any atom is -0.457 e. The van der Waals surface area contributed by atoms with Crippen LogP contribution in [0.2, 0.25) is 0 Å². The summed E-state index contributed by atoms with van der Waals surface area (Å²) in [5.41, 5.74) is 4.03. The number of hydrogen-bond acceptors (Lipinski definition) is 6. The predicted octanol–water partition coefficient (Wildman–Crippen LogP) is 18.6. The van der Waals surface area contributed by atoms with Crippen molar-refractivity contribution in [2.24, 2.45) is 0 Å². The molecule has 12 aromatic rings. The number of fused-ring (bicyclic) bond motifs is 8. The molecule has 0 spiro atoms. The van der Waals surface area contributed by atoms with Gasteiger partial charge in [0.15, 0.2) is 0 Å². The summed E-state index contributed by atoms with van der Waals surface area (Å²) in [5, 5.41) is 9.01. The fraction of sp³-hybridized carbons (Fsp3) is 0.0303. The molecule has 6 nitrogen and oxygen atoms in total. The molecule has 2 aliphatic heterocycles. The molecule has 6 heteroatoms. The van der Waals surface area contributed by atoms with E-state index in [1.807, 2.05) is 121 Å². The molecule has 342 valence electrons. The lowest BCUT2D eigenvalue weighted by atomic mass is 9.71. The van der Waals surface area contributed by atoms with Crippen molar-refractivity contribution < 1.29 is 28.4 Å². The summed E-state index contributed by atoms with van der Waals surface area (Å²) in [6.07, 6.45) is 0. The van der Waals surface area contributed by atoms with E-state index in [1.54, 1.807) is 0 Å². The van der Waals surface area contributed by atoms with E-state index in [0.29, 0.717) is 46.0 Å². The maximum Gasteiger partial charge on any atom is 0.135 e. The molecule has 14 rings (SSSR count). The second-order valence-electron chi connectivity index (χ2n) is 18.4. The summed E-state index contributed by atoms with van der Waals surface area (Å²) in [7, 11) is 0. The summed E-state index contributed by atoms with van der Waals surface area (Å²) < 4.78 is 40.3. The zero-order chi connectivity index (χ0) is 47.5. The Kier molecular flexibility index (Phi) is 9.88. The van der Waals surface area contributed by atoms with Crippen molar-refractivity contribution in [3.63, 3.8) is 0 Å². The Hall–Kier alpha value is -9.52. The smallest absolute Gasteiger partial charge is 0.135 e. The number of rotatable bonds is 9. The van der Waals surface area contributed by atoms with E-state index in [9.17, 15) is 0 Å². The van der Waals surface area contributed by atoms with Crippen LogP contribution in [0.4, 0.5) is 0 Å². The van der Waals surface area contributed by atoms with E-state index in [0.717, 1.165) is 88.3 Å². The topological polar surface area (TPSA) is 55.4 Å². The molecule has 0 radical (unpaired) electrons. The van der Waals surface area contributed by atoms with Crippen molar-refractivity contribution in [1.29, 1.82) is 0 Å². The van der Waals surface area contributed by atoms with Crippen LogP contribution in [0.3, 0.4) is 0 Å². The molecule has 12 aromatic carbocycles. The van der Waals surface area contributed by atoms with E-state index in [1.165, 1.54) is 0 Å². The zero-order valence-electron chi connectivity index (χ0n) is 38.7. The first-order valence-corrected chi connectivity index (χ1v) is 24.2. The maximum atomic E-state index is 6.97. The molecule has 0 aliphatic carbocycles. The third-order valence-corrected chi connectivity index (χ3v) is 13.9. The minimum atomic E-state index is -0.242. The van der Waals surface area contributed by atoms with Crippen molar-refractivity contribution >= 4 is 43.1 Å². The van der Waals surface area contributed by atoms with Gasteiger partial charge < -0.3 is 28.4 Å². The molecule has 72 heavy (non-hydrogen) atoms. The van der Waals surface area contributed by atoms with Gasteiger partial charge in [-0.2, -0.15) is 0 Å². The monoisotopic (exact) mass is 930 g/mol. The van der Waals surface area contributed by atoms with Crippen LogP contribution in [0.15, 0.2) is 243 Å². The number of benzene rings is 12. The molecule has 0 saturated heterocycles. The second-order valence-corrected chi connectivity index (χ2v) is 18.4. The Bertz CT molecular complexity index is 3580. The fourth-order valence-electron chi connectivity index (χ4n) is 10.5. The molecule has 0 fully saturated rings. The standard InChI is InChI=1S/C66H42O6/c1-5-13-45-33-49(21-17-41(45)9-1)67-53-25-29-57-61(37-53)71-62-38-54(68-50-22-18-42-10-2-6-14-46(42)34-50)26-30-58(62)65(57)66-59-31-27-55(69-51-23-19-43-11-3-7-15-47(43)35-51)39-63(59)72-64-40-56(28-32-60(64)66)70-52-24-20-44-12-4-8-16-48(44)36-52/h1-40,65-66H. The van der Waals surface area contributed by atoms with Crippen LogP contribution in [0.25, 0.3) is 43.1 Å². The van der Waals surface area contributed by atoms with Crippen molar-refractivity contribution in [2.45, 2.75) is 11.8 Å². The molecule has 0 aromatic heterocycles. The van der Waals surface area contributed by atoms with Crippen molar-refractivity contribution in [3.8, 4) is 69.0 Å². The molecule has 0 bridgehead atoms. The average molecular weight is 931 g/mol. The minimum absolute atomic E-state index is 0.242. The lowest BCUT2D eigenvalue weighted by molar-refractivity contribution is 0.401. The lowest BCUT2D eigenvalue weighted by Crippen LogP contribution is -2.22. The maximum absolute atomic E-state index is 6.97. The molecule has 2 heterocycles. The molecule has 0 atom stereocenters. The van der Waals surface area contributed by atoms with Gasteiger partial charge in [0, 0.05) is 58.4 Å².